The molecule has 0 radical (unpaired) electrons. The number of carbonyl (C=O) groups excluding carboxylic acids is 1. The molecule has 0 fully saturated rings. The van der Waals surface area contributed by atoms with Gasteiger partial charge in [0.1, 0.15) is 16.2 Å². The molecular formula is C14H21NO5S. The van der Waals surface area contributed by atoms with Crippen LogP contribution in [-0.4, -0.2) is 34.1 Å². The maximum atomic E-state index is 12.5. The highest BCUT2D eigenvalue weighted by molar-refractivity contribution is 7.89. The van der Waals surface area contributed by atoms with Crippen molar-refractivity contribution in [1.29, 1.82) is 0 Å². The number of sulfonamides is 1. The highest BCUT2D eigenvalue weighted by Crippen LogP contribution is 2.25. The molecule has 0 unspecified atom stereocenters. The molecular weight excluding hydrogens is 294 g/mol. The van der Waals surface area contributed by atoms with Crippen molar-refractivity contribution >= 4 is 16.0 Å². The summed E-state index contributed by atoms with van der Waals surface area (Å²) in [5, 5.41) is 0. The van der Waals surface area contributed by atoms with Gasteiger partial charge in [0.15, 0.2) is 0 Å². The van der Waals surface area contributed by atoms with Gasteiger partial charge >= 0.3 is 5.97 Å². The number of benzene rings is 1. The molecule has 21 heavy (non-hydrogen) atoms. The Morgan fingerprint density at radius 3 is 2.43 bits per heavy atom. The second-order valence-corrected chi connectivity index (χ2v) is 6.48. The fourth-order valence-corrected chi connectivity index (χ4v) is 3.67. The molecule has 0 amide bonds. The Morgan fingerprint density at radius 1 is 1.29 bits per heavy atom. The first-order chi connectivity index (χ1) is 9.80. The van der Waals surface area contributed by atoms with Crippen molar-refractivity contribution in [1.82, 2.24) is 4.72 Å². The van der Waals surface area contributed by atoms with E-state index in [9.17, 15) is 13.2 Å². The SMILES string of the molecule is CCC[C@](C)(NS(=O)(=O)c1ccccc1OC)C(=O)OC. The topological polar surface area (TPSA) is 81.7 Å². The van der Waals surface area contributed by atoms with Crippen molar-refractivity contribution in [3.05, 3.63) is 24.3 Å². The number of ether oxygens (including phenoxy) is 2. The maximum Gasteiger partial charge on any atom is 0.326 e. The van der Waals surface area contributed by atoms with Crippen LogP contribution in [0.15, 0.2) is 29.2 Å². The molecule has 1 N–H and O–H groups in total. The van der Waals surface area contributed by atoms with Gasteiger partial charge in [-0.2, -0.15) is 4.72 Å². The zero-order valence-corrected chi connectivity index (χ0v) is 13.5. The molecule has 0 aliphatic rings. The van der Waals surface area contributed by atoms with Crippen LogP contribution in [-0.2, 0) is 19.6 Å². The maximum absolute atomic E-state index is 12.5. The van der Waals surface area contributed by atoms with Crippen molar-refractivity contribution in [2.75, 3.05) is 14.2 Å². The first-order valence-electron chi connectivity index (χ1n) is 6.56. The highest BCUT2D eigenvalue weighted by Gasteiger charge is 2.38. The molecule has 0 heterocycles. The van der Waals surface area contributed by atoms with Gasteiger partial charge in [0, 0.05) is 0 Å². The predicted octanol–water partition coefficient (Wildman–Crippen LogP) is 1.71. The third kappa shape index (κ3) is 3.95. The molecule has 118 valence electrons. The third-order valence-electron chi connectivity index (χ3n) is 3.10. The molecule has 6 nitrogen and oxygen atoms in total. The zero-order valence-electron chi connectivity index (χ0n) is 12.7. The van der Waals surface area contributed by atoms with Gasteiger partial charge in [0.2, 0.25) is 10.0 Å². The lowest BCUT2D eigenvalue weighted by atomic mass is 9.98. The van der Waals surface area contributed by atoms with Gasteiger partial charge in [-0.3, -0.25) is 4.79 Å². The number of nitrogens with one attached hydrogen (secondary N) is 1. The van der Waals surface area contributed by atoms with Crippen molar-refractivity contribution in [3.63, 3.8) is 0 Å². The number of methoxy groups -OCH3 is 2. The number of carbonyl (C=O) groups is 1. The zero-order chi connectivity index (χ0) is 16.1. The van der Waals surface area contributed by atoms with Crippen LogP contribution in [0.5, 0.6) is 5.75 Å². The number of hydrogen-bond donors (Lipinski definition) is 1. The van der Waals surface area contributed by atoms with Crippen LogP contribution < -0.4 is 9.46 Å². The second-order valence-electron chi connectivity index (χ2n) is 4.83. The minimum atomic E-state index is -3.91. The van der Waals surface area contributed by atoms with Gasteiger partial charge in [-0.1, -0.05) is 25.5 Å². The van der Waals surface area contributed by atoms with E-state index in [1.165, 1.54) is 27.2 Å². The number of rotatable bonds is 7. The van der Waals surface area contributed by atoms with E-state index in [1.807, 2.05) is 6.92 Å². The molecule has 0 saturated heterocycles. The highest BCUT2D eigenvalue weighted by atomic mass is 32.2. The van der Waals surface area contributed by atoms with E-state index in [-0.39, 0.29) is 10.6 Å². The first kappa shape index (κ1) is 17.5. The monoisotopic (exact) mass is 315 g/mol. The molecule has 0 bridgehead atoms. The average molecular weight is 315 g/mol. The molecule has 0 aliphatic carbocycles. The van der Waals surface area contributed by atoms with E-state index >= 15 is 0 Å². The normalized spacial score (nSPS) is 14.3. The summed E-state index contributed by atoms with van der Waals surface area (Å²) in [6.45, 7) is 3.37. The Kier molecular flexibility index (Phi) is 5.74. The first-order valence-corrected chi connectivity index (χ1v) is 8.04. The standard InChI is InChI=1S/C14H21NO5S/c1-5-10-14(2,13(16)20-4)15-21(17,18)12-9-7-6-8-11(12)19-3/h6-9,15H,5,10H2,1-4H3/t14-/m0/s1. The van der Waals surface area contributed by atoms with E-state index in [0.29, 0.717) is 12.8 Å². The van der Waals surface area contributed by atoms with Crippen LogP contribution >= 0.6 is 0 Å². The summed E-state index contributed by atoms with van der Waals surface area (Å²) in [5.74, 6) is -0.406. The summed E-state index contributed by atoms with van der Waals surface area (Å²) in [5.41, 5.74) is -1.32. The molecule has 1 aromatic rings. The van der Waals surface area contributed by atoms with E-state index in [4.69, 9.17) is 9.47 Å². The lowest BCUT2D eigenvalue weighted by molar-refractivity contribution is -0.147. The summed E-state index contributed by atoms with van der Waals surface area (Å²) in [6.07, 6.45) is 0.952. The Hall–Kier alpha value is -1.60. The van der Waals surface area contributed by atoms with Crippen LogP contribution in [0, 0.1) is 0 Å². The molecule has 1 atom stereocenters. The third-order valence-corrected chi connectivity index (χ3v) is 4.74. The number of esters is 1. The fourth-order valence-electron chi connectivity index (χ4n) is 2.11. The molecule has 0 aromatic heterocycles. The summed E-state index contributed by atoms with van der Waals surface area (Å²) >= 11 is 0. The Balaban J connectivity index is 3.21. The van der Waals surface area contributed by atoms with Gasteiger partial charge in [0.25, 0.3) is 0 Å². The van der Waals surface area contributed by atoms with Gasteiger partial charge in [-0.15, -0.1) is 0 Å². The van der Waals surface area contributed by atoms with Crippen LogP contribution in [0.3, 0.4) is 0 Å². The molecule has 1 rings (SSSR count). The van der Waals surface area contributed by atoms with E-state index in [2.05, 4.69) is 4.72 Å². The lowest BCUT2D eigenvalue weighted by Gasteiger charge is -2.27. The van der Waals surface area contributed by atoms with Crippen LogP contribution in [0.1, 0.15) is 26.7 Å². The van der Waals surface area contributed by atoms with Crippen molar-refractivity contribution in [3.8, 4) is 5.75 Å². The van der Waals surface area contributed by atoms with Crippen molar-refractivity contribution in [2.24, 2.45) is 0 Å². The van der Waals surface area contributed by atoms with Crippen LogP contribution in [0.2, 0.25) is 0 Å². The summed E-state index contributed by atoms with van der Waals surface area (Å²) in [4.78, 5) is 11.9. The molecule has 0 saturated carbocycles. The summed E-state index contributed by atoms with van der Waals surface area (Å²) < 4.78 is 37.2. The van der Waals surface area contributed by atoms with Crippen LogP contribution in [0.4, 0.5) is 0 Å². The van der Waals surface area contributed by atoms with Gasteiger partial charge in [0.05, 0.1) is 14.2 Å². The van der Waals surface area contributed by atoms with Gasteiger partial charge in [-0.25, -0.2) is 8.42 Å². The predicted molar refractivity (Wildman–Crippen MR) is 78.6 cm³/mol. The Bertz CT molecular complexity index is 599. The minimum Gasteiger partial charge on any atom is -0.495 e. The minimum absolute atomic E-state index is 0.0151. The van der Waals surface area contributed by atoms with E-state index in [1.54, 1.807) is 18.2 Å². The fraction of sp³-hybridized carbons (Fsp3) is 0.500. The summed E-state index contributed by atoms with van der Waals surface area (Å²) in [7, 11) is -1.30. The van der Waals surface area contributed by atoms with Crippen molar-refractivity contribution < 1.29 is 22.7 Å². The molecule has 0 aliphatic heterocycles. The Morgan fingerprint density at radius 2 is 1.90 bits per heavy atom. The molecule has 0 spiro atoms. The van der Waals surface area contributed by atoms with Crippen LogP contribution in [0.25, 0.3) is 0 Å². The average Bonchev–Trinajstić information content (AvgIpc) is 2.45. The van der Waals surface area contributed by atoms with Gasteiger partial charge in [-0.05, 0) is 25.5 Å². The van der Waals surface area contributed by atoms with E-state index in [0.717, 1.165) is 0 Å². The van der Waals surface area contributed by atoms with Crippen molar-refractivity contribution in [2.45, 2.75) is 37.1 Å². The molecule has 7 heteroatoms. The smallest absolute Gasteiger partial charge is 0.326 e. The quantitative estimate of drug-likeness (QED) is 0.775. The number of para-hydroxylation sites is 1. The van der Waals surface area contributed by atoms with Gasteiger partial charge < -0.3 is 9.47 Å². The summed E-state index contributed by atoms with van der Waals surface area (Å²) in [6, 6.07) is 6.23. The number of hydrogen-bond acceptors (Lipinski definition) is 5. The lowest BCUT2D eigenvalue weighted by Crippen LogP contribution is -2.52. The van der Waals surface area contributed by atoms with E-state index < -0.39 is 21.5 Å². The second kappa shape index (κ2) is 6.91. The Labute approximate surface area is 125 Å². The largest absolute Gasteiger partial charge is 0.495 e. The molecule has 1 aromatic carbocycles.